The standard InChI is InChI=1S/C12H13ClS/c1-9-4-5-10(8-12(9)13)7-11-3-2-6-14-11/h4-5,7-8H,2-3,6H2,1H3. The summed E-state index contributed by atoms with van der Waals surface area (Å²) in [6.07, 6.45) is 4.80. The summed E-state index contributed by atoms with van der Waals surface area (Å²) in [5, 5.41) is 0.863. The fourth-order valence-corrected chi connectivity index (χ4v) is 2.77. The topological polar surface area (TPSA) is 0 Å². The van der Waals surface area contributed by atoms with Gasteiger partial charge in [-0.2, -0.15) is 0 Å². The summed E-state index contributed by atoms with van der Waals surface area (Å²) in [4.78, 5) is 1.49. The Kier molecular flexibility index (Phi) is 3.19. The zero-order valence-electron chi connectivity index (χ0n) is 8.22. The van der Waals surface area contributed by atoms with Crippen LogP contribution in [0.15, 0.2) is 23.1 Å². The highest BCUT2D eigenvalue weighted by atomic mass is 35.5. The minimum absolute atomic E-state index is 0.863. The number of allylic oxidation sites excluding steroid dienone is 1. The Bertz CT molecular complexity index is 361. The number of aryl methyl sites for hydroxylation is 1. The van der Waals surface area contributed by atoms with E-state index in [0.717, 1.165) is 10.6 Å². The molecule has 0 spiro atoms. The van der Waals surface area contributed by atoms with Gasteiger partial charge in [-0.1, -0.05) is 23.7 Å². The first kappa shape index (κ1) is 10.1. The molecular formula is C12H13ClS. The molecule has 0 saturated carbocycles. The van der Waals surface area contributed by atoms with Crippen LogP contribution in [0.25, 0.3) is 6.08 Å². The first-order chi connectivity index (χ1) is 6.75. The van der Waals surface area contributed by atoms with Crippen molar-refractivity contribution in [3.63, 3.8) is 0 Å². The molecule has 1 heterocycles. The van der Waals surface area contributed by atoms with Gasteiger partial charge in [-0.25, -0.2) is 0 Å². The van der Waals surface area contributed by atoms with Crippen LogP contribution in [-0.2, 0) is 0 Å². The molecule has 0 aromatic heterocycles. The van der Waals surface area contributed by atoms with Gasteiger partial charge in [0.2, 0.25) is 0 Å². The van der Waals surface area contributed by atoms with Crippen molar-refractivity contribution in [1.82, 2.24) is 0 Å². The fourth-order valence-electron chi connectivity index (χ4n) is 1.52. The fraction of sp³-hybridized carbons (Fsp3) is 0.333. The highest BCUT2D eigenvalue weighted by Crippen LogP contribution is 2.32. The molecule has 1 aromatic rings. The summed E-state index contributed by atoms with van der Waals surface area (Å²) in [6, 6.07) is 6.25. The van der Waals surface area contributed by atoms with Gasteiger partial charge in [-0.15, -0.1) is 11.8 Å². The molecule has 2 heteroatoms. The van der Waals surface area contributed by atoms with E-state index in [1.165, 1.54) is 29.1 Å². The minimum atomic E-state index is 0.863. The van der Waals surface area contributed by atoms with Crippen molar-refractivity contribution in [3.8, 4) is 0 Å². The van der Waals surface area contributed by atoms with Gasteiger partial charge in [0.15, 0.2) is 0 Å². The molecule has 1 fully saturated rings. The van der Waals surface area contributed by atoms with Gasteiger partial charge < -0.3 is 0 Å². The van der Waals surface area contributed by atoms with Crippen LogP contribution >= 0.6 is 23.4 Å². The highest BCUT2D eigenvalue weighted by Gasteiger charge is 2.06. The van der Waals surface area contributed by atoms with Crippen LogP contribution in [0.4, 0.5) is 0 Å². The molecule has 74 valence electrons. The van der Waals surface area contributed by atoms with Crippen molar-refractivity contribution < 1.29 is 0 Å². The maximum atomic E-state index is 6.06. The van der Waals surface area contributed by atoms with Crippen molar-refractivity contribution in [2.45, 2.75) is 19.8 Å². The van der Waals surface area contributed by atoms with Gasteiger partial charge in [0.05, 0.1) is 0 Å². The van der Waals surface area contributed by atoms with E-state index < -0.39 is 0 Å². The average Bonchev–Trinajstić information content (AvgIpc) is 2.64. The molecule has 0 atom stereocenters. The summed E-state index contributed by atoms with van der Waals surface area (Å²) in [5.41, 5.74) is 2.37. The molecule has 1 saturated heterocycles. The Morgan fingerprint density at radius 1 is 1.43 bits per heavy atom. The normalized spacial score (nSPS) is 19.1. The lowest BCUT2D eigenvalue weighted by Crippen LogP contribution is -1.78. The predicted octanol–water partition coefficient (Wildman–Crippen LogP) is 4.52. The number of hydrogen-bond donors (Lipinski definition) is 0. The maximum absolute atomic E-state index is 6.06. The largest absolute Gasteiger partial charge is 0.131 e. The predicted molar refractivity (Wildman–Crippen MR) is 65.9 cm³/mol. The van der Waals surface area contributed by atoms with Crippen molar-refractivity contribution >= 4 is 29.4 Å². The third-order valence-electron chi connectivity index (χ3n) is 2.38. The number of benzene rings is 1. The Balaban J connectivity index is 2.24. The van der Waals surface area contributed by atoms with Gasteiger partial charge in [-0.3, -0.25) is 0 Å². The highest BCUT2D eigenvalue weighted by molar-refractivity contribution is 8.03. The van der Waals surface area contributed by atoms with Crippen molar-refractivity contribution in [3.05, 3.63) is 39.3 Å². The third-order valence-corrected chi connectivity index (χ3v) is 3.97. The SMILES string of the molecule is Cc1ccc(C=C2CCCS2)cc1Cl. The lowest BCUT2D eigenvalue weighted by atomic mass is 10.1. The summed E-state index contributed by atoms with van der Waals surface area (Å²) >= 11 is 8.03. The molecule has 1 aromatic carbocycles. The van der Waals surface area contributed by atoms with E-state index >= 15 is 0 Å². The van der Waals surface area contributed by atoms with E-state index in [0.29, 0.717) is 0 Å². The van der Waals surface area contributed by atoms with Crippen LogP contribution in [-0.4, -0.2) is 5.75 Å². The van der Waals surface area contributed by atoms with Crippen LogP contribution in [0.3, 0.4) is 0 Å². The molecule has 14 heavy (non-hydrogen) atoms. The van der Waals surface area contributed by atoms with E-state index in [4.69, 9.17) is 11.6 Å². The van der Waals surface area contributed by atoms with Crippen LogP contribution in [0.2, 0.25) is 5.02 Å². The molecule has 0 amide bonds. The van der Waals surface area contributed by atoms with Gasteiger partial charge in [-0.05, 0) is 53.7 Å². The Labute approximate surface area is 94.4 Å². The second-order valence-electron chi connectivity index (χ2n) is 3.57. The summed E-state index contributed by atoms with van der Waals surface area (Å²) in [5.74, 6) is 1.27. The first-order valence-corrected chi connectivity index (χ1v) is 6.21. The average molecular weight is 225 g/mol. The quantitative estimate of drug-likeness (QED) is 0.676. The van der Waals surface area contributed by atoms with E-state index in [2.05, 4.69) is 18.2 Å². The summed E-state index contributed by atoms with van der Waals surface area (Å²) in [7, 11) is 0. The second-order valence-corrected chi connectivity index (χ2v) is 5.20. The van der Waals surface area contributed by atoms with Crippen LogP contribution in [0, 0.1) is 6.92 Å². The van der Waals surface area contributed by atoms with Crippen molar-refractivity contribution in [1.29, 1.82) is 0 Å². The van der Waals surface area contributed by atoms with Gasteiger partial charge in [0.1, 0.15) is 0 Å². The van der Waals surface area contributed by atoms with E-state index in [1.807, 2.05) is 24.8 Å². The van der Waals surface area contributed by atoms with Crippen molar-refractivity contribution in [2.75, 3.05) is 5.75 Å². The van der Waals surface area contributed by atoms with Crippen LogP contribution in [0.1, 0.15) is 24.0 Å². The number of thioether (sulfide) groups is 1. The smallest absolute Gasteiger partial charge is 0.0441 e. The molecular weight excluding hydrogens is 212 g/mol. The molecule has 0 aliphatic carbocycles. The molecule has 1 aliphatic heterocycles. The van der Waals surface area contributed by atoms with E-state index in [1.54, 1.807) is 0 Å². The monoisotopic (exact) mass is 224 g/mol. The Morgan fingerprint density at radius 3 is 2.93 bits per heavy atom. The van der Waals surface area contributed by atoms with E-state index in [-0.39, 0.29) is 0 Å². The number of halogens is 1. The van der Waals surface area contributed by atoms with E-state index in [9.17, 15) is 0 Å². The summed E-state index contributed by atoms with van der Waals surface area (Å²) < 4.78 is 0. The van der Waals surface area contributed by atoms with Gasteiger partial charge >= 0.3 is 0 Å². The lowest BCUT2D eigenvalue weighted by Gasteiger charge is -2.00. The number of hydrogen-bond acceptors (Lipinski definition) is 1. The van der Waals surface area contributed by atoms with Gasteiger partial charge in [0.25, 0.3) is 0 Å². The zero-order valence-corrected chi connectivity index (χ0v) is 9.79. The molecule has 0 radical (unpaired) electrons. The van der Waals surface area contributed by atoms with Crippen LogP contribution in [0.5, 0.6) is 0 Å². The molecule has 0 nitrogen and oxygen atoms in total. The first-order valence-electron chi connectivity index (χ1n) is 4.85. The molecule has 0 bridgehead atoms. The maximum Gasteiger partial charge on any atom is 0.0441 e. The Hall–Kier alpha value is -0.400. The van der Waals surface area contributed by atoms with Crippen LogP contribution < -0.4 is 0 Å². The van der Waals surface area contributed by atoms with Crippen molar-refractivity contribution in [2.24, 2.45) is 0 Å². The lowest BCUT2D eigenvalue weighted by molar-refractivity contribution is 0.999. The molecule has 0 unspecified atom stereocenters. The Morgan fingerprint density at radius 2 is 2.29 bits per heavy atom. The zero-order chi connectivity index (χ0) is 9.97. The molecule has 1 aliphatic rings. The molecule has 2 rings (SSSR count). The minimum Gasteiger partial charge on any atom is -0.131 e. The second kappa shape index (κ2) is 4.41. The van der Waals surface area contributed by atoms with Gasteiger partial charge in [0, 0.05) is 5.02 Å². The molecule has 0 N–H and O–H groups in total. The summed E-state index contributed by atoms with van der Waals surface area (Å²) in [6.45, 7) is 2.03. The third kappa shape index (κ3) is 2.34. The number of rotatable bonds is 1.